The zero-order valence-corrected chi connectivity index (χ0v) is 33.0. The van der Waals surface area contributed by atoms with Crippen LogP contribution in [0.3, 0.4) is 0 Å². The van der Waals surface area contributed by atoms with Crippen molar-refractivity contribution in [3.8, 4) is 12.8 Å². The van der Waals surface area contributed by atoms with E-state index in [1.54, 1.807) is 11.0 Å². The summed E-state index contributed by atoms with van der Waals surface area (Å²) in [5.74, 6) is -0.469. The summed E-state index contributed by atoms with van der Waals surface area (Å²) in [5.41, 5.74) is 9.03. The van der Waals surface area contributed by atoms with E-state index in [0.29, 0.717) is 12.1 Å². The van der Waals surface area contributed by atoms with Crippen LogP contribution in [0.2, 0.25) is 0 Å². The number of carbonyl (C=O) groups excluding carboxylic acids is 2. The molecule has 2 aromatic carbocycles. The minimum atomic E-state index is -4.39. The lowest BCUT2D eigenvalue weighted by Crippen LogP contribution is -2.49. The summed E-state index contributed by atoms with van der Waals surface area (Å²) in [6.07, 6.45) is 16.4. The number of terminal acetylenes is 1. The van der Waals surface area contributed by atoms with Crippen molar-refractivity contribution in [2.24, 2.45) is 11.1 Å². The summed E-state index contributed by atoms with van der Waals surface area (Å²) in [5, 5.41) is 13.8. The number of alkyl halides is 3. The van der Waals surface area contributed by atoms with Crippen molar-refractivity contribution in [2.45, 2.75) is 93.3 Å². The molecule has 0 radical (unpaired) electrons. The molecule has 0 unspecified atom stereocenters. The average Bonchev–Trinajstić information content (AvgIpc) is 3.13. The Balaban J connectivity index is 0. The predicted octanol–water partition coefficient (Wildman–Crippen LogP) is 9.87. The van der Waals surface area contributed by atoms with Gasteiger partial charge in [0.15, 0.2) is 0 Å². The monoisotopic (exact) mass is 737 g/mol. The highest BCUT2D eigenvalue weighted by Crippen LogP contribution is 2.35. The number of anilines is 1. The number of benzene rings is 2. The summed E-state index contributed by atoms with van der Waals surface area (Å²) >= 11 is 0. The second-order valence-corrected chi connectivity index (χ2v) is 12.4. The normalized spacial score (nSPS) is 13.3. The van der Waals surface area contributed by atoms with Crippen LogP contribution in [-0.2, 0) is 28.7 Å². The molecule has 53 heavy (non-hydrogen) atoms. The van der Waals surface area contributed by atoms with E-state index in [-0.39, 0.29) is 30.9 Å². The SMILES string of the molecule is C#C.C=C/C=C\CCC.CC.CC(=O)CC1=C(NCc2ccc(C(F)(F)F)cc2)C(C)(C)CN(C(=O)/C(C=N)=C/N)C1.CCCc1cccc(NC)c1. The number of amides is 1. The molecule has 2 aromatic rings. The highest BCUT2D eigenvalue weighted by Gasteiger charge is 2.37. The summed E-state index contributed by atoms with van der Waals surface area (Å²) < 4.78 is 38.3. The zero-order valence-electron chi connectivity index (χ0n) is 33.0. The Bertz CT molecular complexity index is 1500. The van der Waals surface area contributed by atoms with Crippen LogP contribution in [-0.4, -0.2) is 42.9 Å². The first-order valence-electron chi connectivity index (χ1n) is 17.9. The lowest BCUT2D eigenvalue weighted by Gasteiger charge is -2.42. The molecule has 1 aliphatic heterocycles. The minimum absolute atomic E-state index is 0.0548. The van der Waals surface area contributed by atoms with Crippen LogP contribution in [0.4, 0.5) is 18.9 Å². The number of unbranched alkanes of at least 4 members (excludes halogenated alkanes) is 1. The van der Waals surface area contributed by atoms with Crippen LogP contribution in [0.25, 0.3) is 0 Å². The van der Waals surface area contributed by atoms with Gasteiger partial charge in [0.25, 0.3) is 5.91 Å². The molecule has 0 fully saturated rings. The second kappa shape index (κ2) is 27.6. The summed E-state index contributed by atoms with van der Waals surface area (Å²) in [4.78, 5) is 26.1. The van der Waals surface area contributed by atoms with Crippen LogP contribution in [0.5, 0.6) is 0 Å². The van der Waals surface area contributed by atoms with Crippen molar-refractivity contribution in [1.29, 1.82) is 5.41 Å². The molecule has 1 aliphatic rings. The first-order valence-corrected chi connectivity index (χ1v) is 17.9. The number of nitrogens with two attached hydrogens (primary N) is 1. The van der Waals surface area contributed by atoms with E-state index in [1.807, 2.05) is 40.8 Å². The van der Waals surface area contributed by atoms with Crippen LogP contribution in [0, 0.1) is 23.7 Å². The Morgan fingerprint density at radius 1 is 1.06 bits per heavy atom. The molecule has 0 bridgehead atoms. The molecule has 0 aliphatic carbocycles. The molecule has 0 saturated heterocycles. The Morgan fingerprint density at radius 3 is 2.15 bits per heavy atom. The fourth-order valence-corrected chi connectivity index (χ4v) is 5.25. The molecule has 7 nitrogen and oxygen atoms in total. The van der Waals surface area contributed by atoms with Crippen LogP contribution in [0.1, 0.15) is 90.8 Å². The Morgan fingerprint density at radius 2 is 1.68 bits per heavy atom. The molecule has 1 amide bonds. The maximum absolute atomic E-state index is 12.8. The molecule has 5 N–H and O–H groups in total. The molecule has 0 spiro atoms. The third kappa shape index (κ3) is 19.4. The first kappa shape index (κ1) is 50.1. The van der Waals surface area contributed by atoms with Gasteiger partial charge in [0.2, 0.25) is 0 Å². The molecule has 3 rings (SSSR count). The van der Waals surface area contributed by atoms with Gasteiger partial charge in [-0.05, 0) is 60.7 Å². The van der Waals surface area contributed by atoms with Gasteiger partial charge >= 0.3 is 6.18 Å². The van der Waals surface area contributed by atoms with Crippen LogP contribution >= 0.6 is 0 Å². The molecule has 0 atom stereocenters. The van der Waals surface area contributed by atoms with Gasteiger partial charge in [0.05, 0.1) is 11.1 Å². The second-order valence-electron chi connectivity index (χ2n) is 12.4. The fourth-order valence-electron chi connectivity index (χ4n) is 5.25. The Hall–Kier alpha value is -5.04. The quantitative estimate of drug-likeness (QED) is 0.0708. The van der Waals surface area contributed by atoms with Gasteiger partial charge in [0.1, 0.15) is 5.78 Å². The van der Waals surface area contributed by atoms with Crippen molar-refractivity contribution in [2.75, 3.05) is 25.5 Å². The van der Waals surface area contributed by atoms with Gasteiger partial charge in [-0.2, -0.15) is 13.2 Å². The van der Waals surface area contributed by atoms with E-state index in [2.05, 4.69) is 74.2 Å². The molecule has 292 valence electrons. The van der Waals surface area contributed by atoms with Gasteiger partial charge in [-0.1, -0.05) is 103 Å². The van der Waals surface area contributed by atoms with E-state index in [0.717, 1.165) is 35.8 Å². The van der Waals surface area contributed by atoms with Gasteiger partial charge in [-0.15, -0.1) is 12.8 Å². The van der Waals surface area contributed by atoms with Gasteiger partial charge in [-0.3, -0.25) is 9.59 Å². The molecule has 10 heteroatoms. The predicted molar refractivity (Wildman–Crippen MR) is 217 cm³/mol. The zero-order chi connectivity index (χ0) is 41.0. The number of ketones is 1. The Labute approximate surface area is 317 Å². The number of allylic oxidation sites excluding steroid dienone is 3. The standard InChI is InChI=1S/C22H27F3N4O2.C10H15N.C7H12.C2H6.C2H2/c1-14(30)8-16-12-29(20(31)17(9-26)10-27)13-21(2,3)19(16)28-11-15-4-6-18(7-5-15)22(23,24)25;1-3-5-9-6-4-7-10(8-9)11-2;1-3-5-7-6-4-2;2*1-2/h4-7,9-10,26,28H,8,11-13,27H2,1-3H3;4,6-8,11H,3,5H2,1-2H3;3,5,7H,1,4,6H2,2H3;1-2H3;1-2H/b17-10+,26-9?;;7-5-;;. The van der Waals surface area contributed by atoms with Crippen molar-refractivity contribution in [3.05, 3.63) is 113 Å². The summed E-state index contributed by atoms with van der Waals surface area (Å²) in [6, 6.07) is 13.4. The van der Waals surface area contributed by atoms with Crippen molar-refractivity contribution in [1.82, 2.24) is 10.2 Å². The van der Waals surface area contributed by atoms with Crippen molar-refractivity contribution < 1.29 is 22.8 Å². The number of Topliss-reactive ketones (excluding diaryl/α,β-unsaturated/α-hetero) is 1. The number of halogens is 3. The van der Waals surface area contributed by atoms with E-state index in [1.165, 1.54) is 56.0 Å². The first-order chi connectivity index (χ1) is 25.2. The number of hydrogen-bond acceptors (Lipinski definition) is 6. The Kier molecular flexibility index (Phi) is 26.1. The maximum Gasteiger partial charge on any atom is 0.416 e. The molecule has 0 saturated carbocycles. The average molecular weight is 738 g/mol. The highest BCUT2D eigenvalue weighted by atomic mass is 19.4. The number of carbonyl (C=O) groups is 2. The van der Waals surface area contributed by atoms with Gasteiger partial charge < -0.3 is 26.7 Å². The van der Waals surface area contributed by atoms with Crippen LogP contribution in [0.15, 0.2) is 96.4 Å². The van der Waals surface area contributed by atoms with E-state index in [9.17, 15) is 22.8 Å². The largest absolute Gasteiger partial charge is 0.416 e. The van der Waals surface area contributed by atoms with Crippen LogP contribution < -0.4 is 16.4 Å². The highest BCUT2D eigenvalue weighted by molar-refractivity contribution is 6.11. The number of hydrogen-bond donors (Lipinski definition) is 4. The lowest BCUT2D eigenvalue weighted by atomic mass is 9.81. The van der Waals surface area contributed by atoms with E-state index in [4.69, 9.17) is 11.1 Å². The third-order valence-electron chi connectivity index (χ3n) is 7.56. The number of nitrogens with one attached hydrogen (secondary N) is 3. The summed E-state index contributed by atoms with van der Waals surface area (Å²) in [7, 11) is 1.95. The van der Waals surface area contributed by atoms with Gasteiger partial charge in [0, 0.05) is 62.3 Å². The van der Waals surface area contributed by atoms with Crippen molar-refractivity contribution >= 4 is 23.6 Å². The lowest BCUT2D eigenvalue weighted by molar-refractivity contribution is -0.137. The number of nitrogens with zero attached hydrogens (tertiary/aromatic N) is 1. The summed E-state index contributed by atoms with van der Waals surface area (Å²) in [6.45, 7) is 18.0. The maximum atomic E-state index is 12.8. The fraction of sp³-hybridized carbons (Fsp3) is 0.419. The van der Waals surface area contributed by atoms with Gasteiger partial charge in [-0.25, -0.2) is 0 Å². The topological polar surface area (TPSA) is 111 Å². The minimum Gasteiger partial charge on any atom is -0.404 e. The third-order valence-corrected chi connectivity index (χ3v) is 7.56. The number of rotatable bonds is 13. The molecular weight excluding hydrogens is 675 g/mol. The smallest absolute Gasteiger partial charge is 0.404 e. The van der Waals surface area contributed by atoms with E-state index < -0.39 is 23.1 Å². The van der Waals surface area contributed by atoms with Crippen molar-refractivity contribution in [3.63, 3.8) is 0 Å². The molecular formula is C43H62F3N5O2. The number of aryl methyl sites for hydroxylation is 1. The molecule has 1 heterocycles. The van der Waals surface area contributed by atoms with E-state index >= 15 is 0 Å². The molecule has 0 aromatic heterocycles.